The first-order valence-electron chi connectivity index (χ1n) is 8.52. The highest BCUT2D eigenvalue weighted by Gasteiger charge is 2.33. The van der Waals surface area contributed by atoms with Gasteiger partial charge in [-0.2, -0.15) is 0 Å². The van der Waals surface area contributed by atoms with Crippen molar-refractivity contribution in [1.82, 2.24) is 0 Å². The summed E-state index contributed by atoms with van der Waals surface area (Å²) in [6, 6.07) is 14.9. The van der Waals surface area contributed by atoms with E-state index in [1.54, 1.807) is 18.2 Å². The largest absolute Gasteiger partial charge is 0.460 e. The van der Waals surface area contributed by atoms with Crippen molar-refractivity contribution in [3.05, 3.63) is 65.2 Å². The van der Waals surface area contributed by atoms with Crippen molar-refractivity contribution in [2.24, 2.45) is 0 Å². The average molecular weight is 373 g/mol. The maximum atomic E-state index is 12.6. The summed E-state index contributed by atoms with van der Waals surface area (Å²) in [5, 5.41) is 0. The Morgan fingerprint density at radius 3 is 2.42 bits per heavy atom. The molecule has 0 radical (unpaired) electrons. The Balaban J connectivity index is 1.81. The minimum atomic E-state index is -3.40. The molecule has 0 bridgehead atoms. The minimum Gasteiger partial charge on any atom is -0.460 e. The van der Waals surface area contributed by atoms with Gasteiger partial charge >= 0.3 is 5.97 Å². The van der Waals surface area contributed by atoms with Gasteiger partial charge in [-0.15, -0.1) is 0 Å². The number of carbonyl (C=O) groups is 1. The number of hydrogen-bond donors (Lipinski definition) is 0. The van der Waals surface area contributed by atoms with Crippen LogP contribution in [-0.4, -0.2) is 20.0 Å². The fraction of sp³-hybridized carbons (Fsp3) is 0.350. The molecule has 138 valence electrons. The average Bonchev–Trinajstić information content (AvgIpc) is 2.76. The lowest BCUT2D eigenvalue weighted by molar-refractivity contribution is -0.153. The molecule has 0 unspecified atom stereocenters. The highest BCUT2D eigenvalue weighted by molar-refractivity contribution is 7.92. The van der Waals surface area contributed by atoms with Crippen LogP contribution in [0.2, 0.25) is 0 Å². The second-order valence-electron chi connectivity index (χ2n) is 7.47. The van der Waals surface area contributed by atoms with Crippen LogP contribution in [0.1, 0.15) is 37.5 Å². The van der Waals surface area contributed by atoms with E-state index in [0.717, 1.165) is 16.7 Å². The molecule has 26 heavy (non-hydrogen) atoms. The van der Waals surface area contributed by atoms with Gasteiger partial charge < -0.3 is 4.74 Å². The van der Waals surface area contributed by atoms with E-state index in [-0.39, 0.29) is 18.1 Å². The molecule has 0 amide bonds. The number of rotatable bonds is 4. The second kappa shape index (κ2) is 6.76. The summed E-state index contributed by atoms with van der Waals surface area (Å²) in [6.45, 7) is 5.77. The molecular weight excluding hydrogens is 350 g/mol. The van der Waals surface area contributed by atoms with Gasteiger partial charge in [0.2, 0.25) is 10.0 Å². The van der Waals surface area contributed by atoms with Crippen LogP contribution >= 0.6 is 0 Å². The fourth-order valence-corrected chi connectivity index (χ4v) is 4.61. The number of carbonyl (C=O) groups excluding carboxylic acids is 1. The third-order valence-corrected chi connectivity index (χ3v) is 5.70. The van der Waals surface area contributed by atoms with Gasteiger partial charge in [0.15, 0.2) is 0 Å². The Labute approximate surface area is 154 Å². The summed E-state index contributed by atoms with van der Waals surface area (Å²) in [4.78, 5) is 12.0. The number of nitrogens with zero attached hydrogens (tertiary/aromatic N) is 1. The molecule has 1 heterocycles. The molecule has 0 spiro atoms. The van der Waals surface area contributed by atoms with Gasteiger partial charge in [-0.05, 0) is 43.5 Å². The van der Waals surface area contributed by atoms with E-state index < -0.39 is 15.6 Å². The van der Waals surface area contributed by atoms with Crippen molar-refractivity contribution in [2.45, 2.75) is 45.1 Å². The van der Waals surface area contributed by atoms with Gasteiger partial charge in [-0.1, -0.05) is 42.5 Å². The Kier molecular flexibility index (Phi) is 4.80. The Morgan fingerprint density at radius 2 is 1.77 bits per heavy atom. The van der Waals surface area contributed by atoms with E-state index in [2.05, 4.69) is 0 Å². The predicted molar refractivity (Wildman–Crippen MR) is 101 cm³/mol. The van der Waals surface area contributed by atoms with Crippen molar-refractivity contribution < 1.29 is 17.9 Å². The van der Waals surface area contributed by atoms with Crippen LogP contribution in [-0.2, 0) is 38.3 Å². The third-order valence-electron chi connectivity index (χ3n) is 4.02. The minimum absolute atomic E-state index is 0.0443. The lowest BCUT2D eigenvalue weighted by atomic mass is 10.1. The van der Waals surface area contributed by atoms with E-state index in [9.17, 15) is 13.2 Å². The van der Waals surface area contributed by atoms with Gasteiger partial charge in [0, 0.05) is 0 Å². The molecular formula is C20H23NO4S. The predicted octanol–water partition coefficient (Wildman–Crippen LogP) is 3.42. The van der Waals surface area contributed by atoms with Crippen molar-refractivity contribution in [3.8, 4) is 0 Å². The zero-order valence-corrected chi connectivity index (χ0v) is 16.0. The molecule has 0 saturated carbocycles. The number of hydrogen-bond acceptors (Lipinski definition) is 4. The van der Waals surface area contributed by atoms with Crippen LogP contribution in [0.15, 0.2) is 48.5 Å². The Hall–Kier alpha value is -2.34. The van der Waals surface area contributed by atoms with E-state index in [0.29, 0.717) is 12.2 Å². The van der Waals surface area contributed by atoms with Gasteiger partial charge in [0.25, 0.3) is 0 Å². The standard InChI is InChI=1S/C20H23NO4S/c1-20(2,3)25-19(22)12-16-9-10-18-17(11-16)14-26(23,24)21(18)13-15-7-5-4-6-8-15/h4-11H,12-14H2,1-3H3. The number of benzene rings is 2. The molecule has 0 N–H and O–H groups in total. The third kappa shape index (κ3) is 4.25. The molecule has 1 aliphatic heterocycles. The van der Waals surface area contributed by atoms with Crippen LogP contribution in [0.25, 0.3) is 0 Å². The Morgan fingerprint density at radius 1 is 1.08 bits per heavy atom. The first kappa shape index (κ1) is 18.5. The van der Waals surface area contributed by atoms with E-state index >= 15 is 0 Å². The normalized spacial score (nSPS) is 15.6. The first-order chi connectivity index (χ1) is 12.1. The van der Waals surface area contributed by atoms with Crippen molar-refractivity contribution in [3.63, 3.8) is 0 Å². The summed E-state index contributed by atoms with van der Waals surface area (Å²) in [6.07, 6.45) is 0.128. The molecule has 1 aliphatic rings. The highest BCUT2D eigenvalue weighted by atomic mass is 32.2. The van der Waals surface area contributed by atoms with Crippen LogP contribution in [0, 0.1) is 0 Å². The molecule has 0 aliphatic carbocycles. The number of sulfonamides is 1. The summed E-state index contributed by atoms with van der Waals surface area (Å²) < 4.78 is 31.9. The summed E-state index contributed by atoms with van der Waals surface area (Å²) in [5.74, 6) is -0.364. The van der Waals surface area contributed by atoms with Gasteiger partial charge in [-0.25, -0.2) is 8.42 Å². The van der Waals surface area contributed by atoms with Gasteiger partial charge in [0.1, 0.15) is 5.60 Å². The van der Waals surface area contributed by atoms with Crippen LogP contribution in [0.5, 0.6) is 0 Å². The van der Waals surface area contributed by atoms with Crippen molar-refractivity contribution in [2.75, 3.05) is 4.31 Å². The Bertz CT molecular complexity index is 915. The molecule has 0 saturated heterocycles. The molecule has 0 atom stereocenters. The second-order valence-corrected chi connectivity index (χ2v) is 9.37. The summed E-state index contributed by atoms with van der Waals surface area (Å²) in [7, 11) is -3.40. The molecule has 3 rings (SSSR count). The van der Waals surface area contributed by atoms with Gasteiger partial charge in [0.05, 0.1) is 24.4 Å². The molecule has 2 aromatic rings. The molecule has 0 aromatic heterocycles. The van der Waals surface area contributed by atoms with Crippen LogP contribution in [0.4, 0.5) is 5.69 Å². The molecule has 5 nitrogen and oxygen atoms in total. The van der Waals surface area contributed by atoms with Gasteiger partial charge in [-0.3, -0.25) is 9.10 Å². The first-order valence-corrected chi connectivity index (χ1v) is 10.1. The smallest absolute Gasteiger partial charge is 0.310 e. The van der Waals surface area contributed by atoms with E-state index in [1.165, 1.54) is 4.31 Å². The van der Waals surface area contributed by atoms with E-state index in [4.69, 9.17) is 4.74 Å². The number of anilines is 1. The lowest BCUT2D eigenvalue weighted by Gasteiger charge is -2.20. The zero-order chi connectivity index (χ0) is 18.9. The number of esters is 1. The number of ether oxygens (including phenoxy) is 1. The maximum absolute atomic E-state index is 12.6. The topological polar surface area (TPSA) is 63.7 Å². The van der Waals surface area contributed by atoms with E-state index in [1.807, 2.05) is 51.1 Å². The van der Waals surface area contributed by atoms with Crippen molar-refractivity contribution in [1.29, 1.82) is 0 Å². The van der Waals surface area contributed by atoms with Crippen molar-refractivity contribution >= 4 is 21.7 Å². The molecule has 6 heteroatoms. The molecule has 0 fully saturated rings. The number of fused-ring (bicyclic) bond motifs is 1. The van der Waals surface area contributed by atoms with Crippen LogP contribution in [0.3, 0.4) is 0 Å². The fourth-order valence-electron chi connectivity index (χ4n) is 3.01. The monoisotopic (exact) mass is 373 g/mol. The summed E-state index contributed by atoms with van der Waals surface area (Å²) in [5.41, 5.74) is 2.56. The zero-order valence-electron chi connectivity index (χ0n) is 15.2. The lowest BCUT2D eigenvalue weighted by Crippen LogP contribution is -2.26. The SMILES string of the molecule is CC(C)(C)OC(=O)Cc1ccc2c(c1)CS(=O)(=O)N2Cc1ccccc1. The quantitative estimate of drug-likeness (QED) is 0.771. The summed E-state index contributed by atoms with van der Waals surface area (Å²) >= 11 is 0. The molecule has 2 aromatic carbocycles. The maximum Gasteiger partial charge on any atom is 0.310 e. The highest BCUT2D eigenvalue weighted by Crippen LogP contribution is 2.35. The van der Waals surface area contributed by atoms with Crippen LogP contribution < -0.4 is 4.31 Å².